The maximum Gasteiger partial charge on any atom is 0.205 e. The fourth-order valence-corrected chi connectivity index (χ4v) is 5.13. The van der Waals surface area contributed by atoms with Gasteiger partial charge in [-0.2, -0.15) is 0 Å². The summed E-state index contributed by atoms with van der Waals surface area (Å²) < 4.78 is 18.2. The molecule has 0 amide bonds. The quantitative estimate of drug-likeness (QED) is 0.738. The van der Waals surface area contributed by atoms with Crippen molar-refractivity contribution in [2.24, 2.45) is 10.8 Å². The van der Waals surface area contributed by atoms with E-state index in [9.17, 15) is 4.79 Å². The van der Waals surface area contributed by atoms with Crippen LogP contribution in [-0.4, -0.2) is 38.0 Å². The maximum atomic E-state index is 12.4. The van der Waals surface area contributed by atoms with Gasteiger partial charge in [-0.05, 0) is 26.2 Å². The van der Waals surface area contributed by atoms with Crippen LogP contribution in [0, 0.1) is 10.8 Å². The van der Waals surface area contributed by atoms with Crippen molar-refractivity contribution in [3.8, 4) is 0 Å². The van der Waals surface area contributed by atoms with Crippen LogP contribution < -0.4 is 0 Å². The molecule has 4 aliphatic rings. The monoisotopic (exact) mass is 278 g/mol. The van der Waals surface area contributed by atoms with Gasteiger partial charge in [0.2, 0.25) is 5.79 Å². The number of carbonyl (C=O) groups is 1. The Morgan fingerprint density at radius 1 is 1.20 bits per heavy atom. The van der Waals surface area contributed by atoms with Crippen LogP contribution in [0.5, 0.6) is 0 Å². The minimum Gasteiger partial charge on any atom is -0.375 e. The Balaban J connectivity index is 1.97. The fourth-order valence-electron chi connectivity index (χ4n) is 5.13. The maximum absolute atomic E-state index is 12.4. The molecule has 2 atom stereocenters. The fraction of sp³-hybridized carbons (Fsp3) is 0.812. The molecule has 0 radical (unpaired) electrons. The van der Waals surface area contributed by atoms with E-state index in [0.29, 0.717) is 25.4 Å². The smallest absolute Gasteiger partial charge is 0.205 e. The van der Waals surface area contributed by atoms with Crippen LogP contribution in [0.1, 0.15) is 39.5 Å². The molecular weight excluding hydrogens is 256 g/mol. The van der Waals surface area contributed by atoms with Crippen LogP contribution in [0.15, 0.2) is 11.1 Å². The molecule has 3 fully saturated rings. The molecule has 4 nitrogen and oxygen atoms in total. The molecule has 1 saturated heterocycles. The summed E-state index contributed by atoms with van der Waals surface area (Å²) in [6, 6.07) is 0. The van der Waals surface area contributed by atoms with Crippen LogP contribution in [0.25, 0.3) is 0 Å². The Hall–Kier alpha value is -0.710. The molecule has 2 saturated carbocycles. The van der Waals surface area contributed by atoms with Gasteiger partial charge < -0.3 is 14.2 Å². The Labute approximate surface area is 119 Å². The molecule has 4 heteroatoms. The number of hydrogen-bond acceptors (Lipinski definition) is 4. The number of fused-ring (bicyclic) bond motifs is 2. The first-order valence-corrected chi connectivity index (χ1v) is 7.58. The second-order valence-electron chi connectivity index (χ2n) is 6.90. The van der Waals surface area contributed by atoms with Crippen molar-refractivity contribution in [3.63, 3.8) is 0 Å². The van der Waals surface area contributed by atoms with Crippen molar-refractivity contribution < 1.29 is 19.0 Å². The van der Waals surface area contributed by atoms with E-state index in [1.807, 2.05) is 0 Å². The van der Waals surface area contributed by atoms with Gasteiger partial charge in [-0.15, -0.1) is 0 Å². The van der Waals surface area contributed by atoms with E-state index in [-0.39, 0.29) is 16.9 Å². The van der Waals surface area contributed by atoms with Crippen molar-refractivity contribution in [3.05, 3.63) is 11.1 Å². The molecule has 0 bridgehead atoms. The van der Waals surface area contributed by atoms with Crippen molar-refractivity contribution in [1.29, 1.82) is 0 Å². The standard InChI is InChI=1S/C16H22O4/c1-10-12-11(17)4-5-14(12,2)13(18-3)16(15(10)6-7-15)19-8-9-20-16/h13H,4-9H2,1-3H3/t13-,14-/m1/s1. The van der Waals surface area contributed by atoms with E-state index in [1.165, 1.54) is 5.57 Å². The summed E-state index contributed by atoms with van der Waals surface area (Å²) in [5.74, 6) is -0.375. The Morgan fingerprint density at radius 3 is 2.40 bits per heavy atom. The molecule has 110 valence electrons. The van der Waals surface area contributed by atoms with E-state index in [1.54, 1.807) is 7.11 Å². The summed E-state index contributed by atoms with van der Waals surface area (Å²) in [6.07, 6.45) is 3.33. The Kier molecular flexibility index (Phi) is 2.42. The third-order valence-electron chi connectivity index (χ3n) is 6.11. The lowest BCUT2D eigenvalue weighted by molar-refractivity contribution is -0.286. The molecule has 0 aromatic rings. The van der Waals surface area contributed by atoms with Crippen LogP contribution in [0.4, 0.5) is 0 Å². The molecule has 2 spiro atoms. The van der Waals surface area contributed by atoms with Gasteiger partial charge in [0, 0.05) is 29.9 Å². The van der Waals surface area contributed by atoms with Gasteiger partial charge in [-0.1, -0.05) is 12.5 Å². The first-order valence-electron chi connectivity index (χ1n) is 7.58. The lowest BCUT2D eigenvalue weighted by Crippen LogP contribution is -2.62. The summed E-state index contributed by atoms with van der Waals surface area (Å²) >= 11 is 0. The van der Waals surface area contributed by atoms with Crippen molar-refractivity contribution >= 4 is 5.78 Å². The highest BCUT2D eigenvalue weighted by Gasteiger charge is 2.75. The summed E-state index contributed by atoms with van der Waals surface area (Å²) in [5.41, 5.74) is 1.82. The summed E-state index contributed by atoms with van der Waals surface area (Å²) in [6.45, 7) is 5.50. The molecule has 0 unspecified atom stereocenters. The van der Waals surface area contributed by atoms with Gasteiger partial charge in [0.15, 0.2) is 5.78 Å². The van der Waals surface area contributed by atoms with Gasteiger partial charge in [0.25, 0.3) is 0 Å². The average Bonchev–Trinajstić information content (AvgIpc) is 3.00. The highest BCUT2D eigenvalue weighted by Crippen LogP contribution is 2.71. The van der Waals surface area contributed by atoms with E-state index in [4.69, 9.17) is 14.2 Å². The van der Waals surface area contributed by atoms with Crippen LogP contribution in [0.2, 0.25) is 0 Å². The number of ketones is 1. The van der Waals surface area contributed by atoms with Crippen molar-refractivity contribution in [1.82, 2.24) is 0 Å². The van der Waals surface area contributed by atoms with Crippen LogP contribution in [-0.2, 0) is 19.0 Å². The van der Waals surface area contributed by atoms with E-state index in [0.717, 1.165) is 24.8 Å². The van der Waals surface area contributed by atoms with Crippen LogP contribution >= 0.6 is 0 Å². The number of methoxy groups -OCH3 is 1. The number of carbonyl (C=O) groups excluding carboxylic acids is 1. The van der Waals surface area contributed by atoms with Gasteiger partial charge in [0.1, 0.15) is 6.10 Å². The average molecular weight is 278 g/mol. The molecular formula is C16H22O4. The lowest BCUT2D eigenvalue weighted by atomic mass is 9.62. The van der Waals surface area contributed by atoms with E-state index in [2.05, 4.69) is 13.8 Å². The molecule has 1 heterocycles. The van der Waals surface area contributed by atoms with E-state index >= 15 is 0 Å². The topological polar surface area (TPSA) is 44.8 Å². The van der Waals surface area contributed by atoms with Gasteiger partial charge in [-0.3, -0.25) is 4.79 Å². The second kappa shape index (κ2) is 3.73. The van der Waals surface area contributed by atoms with Crippen molar-refractivity contribution in [2.75, 3.05) is 20.3 Å². The second-order valence-corrected chi connectivity index (χ2v) is 6.90. The third-order valence-corrected chi connectivity index (χ3v) is 6.11. The first kappa shape index (κ1) is 13.0. The Morgan fingerprint density at radius 2 is 1.85 bits per heavy atom. The summed E-state index contributed by atoms with van der Waals surface area (Å²) in [7, 11) is 1.72. The lowest BCUT2D eigenvalue weighted by Gasteiger charge is -2.53. The first-order chi connectivity index (χ1) is 9.52. The molecule has 0 N–H and O–H groups in total. The summed E-state index contributed by atoms with van der Waals surface area (Å²) in [4.78, 5) is 12.4. The van der Waals surface area contributed by atoms with Gasteiger partial charge in [-0.25, -0.2) is 0 Å². The predicted octanol–water partition coefficient (Wildman–Crippen LogP) is 2.22. The highest BCUT2D eigenvalue weighted by atomic mass is 16.8. The zero-order valence-corrected chi connectivity index (χ0v) is 12.5. The molecule has 3 aliphatic carbocycles. The van der Waals surface area contributed by atoms with Gasteiger partial charge >= 0.3 is 0 Å². The van der Waals surface area contributed by atoms with Gasteiger partial charge in [0.05, 0.1) is 13.2 Å². The SMILES string of the molecule is CO[C@H]1C2(OCCO2)C2(CC2)C(C)=C2C(=O)CC[C@]21C. The van der Waals surface area contributed by atoms with E-state index < -0.39 is 5.79 Å². The molecule has 0 aromatic heterocycles. The highest BCUT2D eigenvalue weighted by molar-refractivity contribution is 6.00. The normalized spacial score (nSPS) is 40.8. The predicted molar refractivity (Wildman–Crippen MR) is 72.1 cm³/mol. The Bertz CT molecular complexity index is 511. The zero-order valence-electron chi connectivity index (χ0n) is 12.5. The minimum atomic E-state index is -0.672. The number of ether oxygens (including phenoxy) is 3. The molecule has 4 rings (SSSR count). The number of Topliss-reactive ketones (excluding diaryl/α,β-unsaturated/α-hetero) is 1. The number of rotatable bonds is 1. The minimum absolute atomic E-state index is 0.126. The molecule has 20 heavy (non-hydrogen) atoms. The third kappa shape index (κ3) is 1.18. The van der Waals surface area contributed by atoms with Crippen LogP contribution in [0.3, 0.4) is 0 Å². The largest absolute Gasteiger partial charge is 0.375 e. The zero-order chi connectivity index (χ0) is 14.2. The summed E-state index contributed by atoms with van der Waals surface area (Å²) in [5, 5.41) is 0. The molecule has 0 aromatic carbocycles. The number of hydrogen-bond donors (Lipinski definition) is 0. The van der Waals surface area contributed by atoms with Crippen molar-refractivity contribution in [2.45, 2.75) is 51.4 Å². The molecule has 1 aliphatic heterocycles.